The van der Waals surface area contributed by atoms with Gasteiger partial charge in [0.2, 0.25) is 15.9 Å². The fourth-order valence-electron chi connectivity index (χ4n) is 2.73. The van der Waals surface area contributed by atoms with E-state index in [2.05, 4.69) is 5.32 Å². The van der Waals surface area contributed by atoms with Crippen LogP contribution in [0, 0.1) is 0 Å². The second kappa shape index (κ2) is 8.35. The molecule has 0 bridgehead atoms. The molecule has 6 nitrogen and oxygen atoms in total. The highest BCUT2D eigenvalue weighted by Gasteiger charge is 2.24. The van der Waals surface area contributed by atoms with E-state index < -0.39 is 15.9 Å². The Morgan fingerprint density at radius 2 is 1.74 bits per heavy atom. The Kier molecular flexibility index (Phi) is 6.38. The van der Waals surface area contributed by atoms with Crippen molar-refractivity contribution in [3.8, 4) is 0 Å². The number of carbonyl (C=O) groups is 2. The van der Waals surface area contributed by atoms with Gasteiger partial charge in [-0.3, -0.25) is 13.9 Å². The van der Waals surface area contributed by atoms with Crippen molar-refractivity contribution in [1.82, 2.24) is 0 Å². The molecule has 0 radical (unpaired) electrons. The van der Waals surface area contributed by atoms with Crippen molar-refractivity contribution in [3.63, 3.8) is 0 Å². The van der Waals surface area contributed by atoms with Gasteiger partial charge in [-0.15, -0.1) is 0 Å². The lowest BCUT2D eigenvalue weighted by atomic mass is 10.0. The predicted molar refractivity (Wildman–Crippen MR) is 108 cm³/mol. The van der Waals surface area contributed by atoms with E-state index in [4.69, 9.17) is 0 Å². The van der Waals surface area contributed by atoms with E-state index in [0.717, 1.165) is 16.1 Å². The van der Waals surface area contributed by atoms with Crippen LogP contribution in [0.25, 0.3) is 0 Å². The molecule has 0 spiro atoms. The van der Waals surface area contributed by atoms with Crippen LogP contribution >= 0.6 is 0 Å². The minimum atomic E-state index is -3.66. The summed E-state index contributed by atoms with van der Waals surface area (Å²) in [7, 11) is -3.66. The van der Waals surface area contributed by atoms with Crippen molar-refractivity contribution in [2.75, 3.05) is 22.4 Å². The molecule has 0 saturated carbocycles. The molecule has 1 N–H and O–H groups in total. The maximum Gasteiger partial charge on any atom is 0.245 e. The zero-order valence-electron chi connectivity index (χ0n) is 15.9. The average molecular weight is 388 g/mol. The van der Waals surface area contributed by atoms with Crippen LogP contribution in [-0.2, 0) is 14.8 Å². The highest BCUT2D eigenvalue weighted by atomic mass is 32.2. The van der Waals surface area contributed by atoms with Gasteiger partial charge >= 0.3 is 0 Å². The van der Waals surface area contributed by atoms with E-state index in [9.17, 15) is 18.0 Å². The third-order valence-corrected chi connectivity index (χ3v) is 5.19. The SMILES string of the molecule is CC(=O)c1cccc(NC(=O)CN(c2ccccc2C(C)C)S(C)(=O)=O)c1. The van der Waals surface area contributed by atoms with Crippen LogP contribution in [0.3, 0.4) is 0 Å². The number of hydrogen-bond donors (Lipinski definition) is 1. The Bertz CT molecular complexity index is 952. The first-order valence-electron chi connectivity index (χ1n) is 8.57. The van der Waals surface area contributed by atoms with Crippen molar-refractivity contribution in [3.05, 3.63) is 59.7 Å². The zero-order valence-corrected chi connectivity index (χ0v) is 16.7. The Morgan fingerprint density at radius 3 is 2.33 bits per heavy atom. The van der Waals surface area contributed by atoms with Crippen LogP contribution in [-0.4, -0.2) is 32.9 Å². The van der Waals surface area contributed by atoms with Gasteiger partial charge in [0.05, 0.1) is 11.9 Å². The minimum Gasteiger partial charge on any atom is -0.324 e. The summed E-state index contributed by atoms with van der Waals surface area (Å²) in [5.41, 5.74) is 2.24. The average Bonchev–Trinajstić information content (AvgIpc) is 2.59. The van der Waals surface area contributed by atoms with E-state index in [1.165, 1.54) is 6.92 Å². The number of rotatable bonds is 7. The summed E-state index contributed by atoms with van der Waals surface area (Å²) in [6.07, 6.45) is 1.08. The van der Waals surface area contributed by atoms with Gasteiger partial charge in [0.25, 0.3) is 0 Å². The maximum atomic E-state index is 12.5. The fraction of sp³-hybridized carbons (Fsp3) is 0.300. The Hall–Kier alpha value is -2.67. The van der Waals surface area contributed by atoms with E-state index in [0.29, 0.717) is 16.9 Å². The van der Waals surface area contributed by atoms with E-state index >= 15 is 0 Å². The monoisotopic (exact) mass is 388 g/mol. The van der Waals surface area contributed by atoms with Gasteiger partial charge in [-0.1, -0.05) is 44.2 Å². The number of benzene rings is 2. The van der Waals surface area contributed by atoms with Gasteiger partial charge < -0.3 is 5.32 Å². The lowest BCUT2D eigenvalue weighted by Crippen LogP contribution is -2.38. The summed E-state index contributed by atoms with van der Waals surface area (Å²) < 4.78 is 25.8. The summed E-state index contributed by atoms with van der Waals surface area (Å²) in [5.74, 6) is -0.504. The fourth-order valence-corrected chi connectivity index (χ4v) is 3.61. The Labute approximate surface area is 160 Å². The molecule has 0 aliphatic rings. The molecule has 27 heavy (non-hydrogen) atoms. The van der Waals surface area contributed by atoms with Gasteiger partial charge in [0.15, 0.2) is 5.78 Å². The number of hydrogen-bond acceptors (Lipinski definition) is 4. The van der Waals surface area contributed by atoms with Gasteiger partial charge in [-0.25, -0.2) is 8.42 Å². The van der Waals surface area contributed by atoms with Gasteiger partial charge in [-0.05, 0) is 36.6 Å². The number of carbonyl (C=O) groups excluding carboxylic acids is 2. The number of nitrogens with one attached hydrogen (secondary N) is 1. The van der Waals surface area contributed by atoms with Crippen molar-refractivity contribution in [2.45, 2.75) is 26.7 Å². The lowest BCUT2D eigenvalue weighted by molar-refractivity contribution is -0.114. The normalized spacial score (nSPS) is 11.3. The molecule has 1 amide bonds. The summed E-state index contributed by atoms with van der Waals surface area (Å²) in [6, 6.07) is 13.7. The summed E-state index contributed by atoms with van der Waals surface area (Å²) >= 11 is 0. The third-order valence-electron chi connectivity index (χ3n) is 4.07. The molecular formula is C20H24N2O4S. The number of nitrogens with zero attached hydrogens (tertiary/aromatic N) is 1. The molecule has 2 rings (SSSR count). The Morgan fingerprint density at radius 1 is 1.07 bits per heavy atom. The van der Waals surface area contributed by atoms with Crippen molar-refractivity contribution >= 4 is 33.1 Å². The van der Waals surface area contributed by atoms with Crippen LogP contribution in [0.4, 0.5) is 11.4 Å². The highest BCUT2D eigenvalue weighted by molar-refractivity contribution is 7.92. The molecule has 144 valence electrons. The second-order valence-electron chi connectivity index (χ2n) is 6.67. The molecule has 0 aliphatic heterocycles. The summed E-state index contributed by atoms with van der Waals surface area (Å²) in [5, 5.41) is 2.66. The molecular weight excluding hydrogens is 364 g/mol. The van der Waals surface area contributed by atoms with Crippen LogP contribution in [0.2, 0.25) is 0 Å². The minimum absolute atomic E-state index is 0.0979. The molecule has 0 aromatic heterocycles. The third kappa shape index (κ3) is 5.40. The Balaban J connectivity index is 2.29. The number of ketones is 1. The van der Waals surface area contributed by atoms with Crippen LogP contribution < -0.4 is 9.62 Å². The summed E-state index contributed by atoms with van der Waals surface area (Å²) in [6.45, 7) is 5.02. The van der Waals surface area contributed by atoms with Crippen LogP contribution in [0.15, 0.2) is 48.5 Å². The molecule has 0 aliphatic carbocycles. The maximum absolute atomic E-state index is 12.5. The highest BCUT2D eigenvalue weighted by Crippen LogP contribution is 2.28. The quantitative estimate of drug-likeness (QED) is 0.737. The number of para-hydroxylation sites is 1. The molecule has 0 atom stereocenters. The topological polar surface area (TPSA) is 83.6 Å². The molecule has 7 heteroatoms. The number of sulfonamides is 1. The standard InChI is InChI=1S/C20H24N2O4S/c1-14(2)18-10-5-6-11-19(18)22(27(4,25)26)13-20(24)21-17-9-7-8-16(12-17)15(3)23/h5-12,14H,13H2,1-4H3,(H,21,24). The van der Waals surface area contributed by atoms with Gasteiger partial charge in [0.1, 0.15) is 6.54 Å². The van der Waals surface area contributed by atoms with Crippen molar-refractivity contribution in [1.29, 1.82) is 0 Å². The lowest BCUT2D eigenvalue weighted by Gasteiger charge is -2.25. The molecule has 0 fully saturated rings. The molecule has 0 saturated heterocycles. The van der Waals surface area contributed by atoms with E-state index in [-0.39, 0.29) is 18.2 Å². The second-order valence-corrected chi connectivity index (χ2v) is 8.58. The molecule has 2 aromatic carbocycles. The number of anilines is 2. The van der Waals surface area contributed by atoms with Crippen molar-refractivity contribution < 1.29 is 18.0 Å². The van der Waals surface area contributed by atoms with Gasteiger partial charge in [0, 0.05) is 11.3 Å². The van der Waals surface area contributed by atoms with E-state index in [1.807, 2.05) is 26.0 Å². The summed E-state index contributed by atoms with van der Waals surface area (Å²) in [4.78, 5) is 24.0. The first-order chi connectivity index (χ1) is 12.6. The van der Waals surface area contributed by atoms with Gasteiger partial charge in [-0.2, -0.15) is 0 Å². The first-order valence-corrected chi connectivity index (χ1v) is 10.4. The first kappa shape index (κ1) is 20.6. The zero-order chi connectivity index (χ0) is 20.2. The van der Waals surface area contributed by atoms with Crippen LogP contribution in [0.5, 0.6) is 0 Å². The molecule has 0 heterocycles. The van der Waals surface area contributed by atoms with Crippen LogP contribution in [0.1, 0.15) is 42.6 Å². The van der Waals surface area contributed by atoms with Crippen molar-refractivity contribution in [2.24, 2.45) is 0 Å². The van der Waals surface area contributed by atoms with E-state index in [1.54, 1.807) is 36.4 Å². The number of amides is 1. The smallest absolute Gasteiger partial charge is 0.245 e. The largest absolute Gasteiger partial charge is 0.324 e. The number of Topliss-reactive ketones (excluding diaryl/α,β-unsaturated/α-hetero) is 1. The predicted octanol–water partition coefficient (Wildman–Crippen LogP) is 3.42. The molecule has 2 aromatic rings. The molecule has 0 unspecified atom stereocenters.